The molecule has 1 N–H and O–H groups in total. The zero-order chi connectivity index (χ0) is 21.6. The third-order valence-electron chi connectivity index (χ3n) is 5.24. The van der Waals surface area contributed by atoms with Crippen LogP contribution >= 0.6 is 11.6 Å². The average molecular weight is 433 g/mol. The predicted octanol–water partition coefficient (Wildman–Crippen LogP) is 2.78. The molecule has 10 heteroatoms. The van der Waals surface area contributed by atoms with Crippen molar-refractivity contribution in [3.8, 4) is 0 Å². The van der Waals surface area contributed by atoms with Gasteiger partial charge in [0.25, 0.3) is 11.8 Å². The number of aliphatic hydroxyl groups is 1. The fourth-order valence-corrected chi connectivity index (χ4v) is 3.93. The van der Waals surface area contributed by atoms with Crippen LogP contribution in [0.2, 0.25) is 5.02 Å². The van der Waals surface area contributed by atoms with E-state index in [1.807, 2.05) is 0 Å². The zero-order valence-corrected chi connectivity index (χ0v) is 16.3. The first-order chi connectivity index (χ1) is 14.2. The van der Waals surface area contributed by atoms with E-state index < -0.39 is 35.1 Å². The molecule has 3 aromatic rings. The molecule has 30 heavy (non-hydrogen) atoms. The van der Waals surface area contributed by atoms with Crippen molar-refractivity contribution in [2.24, 2.45) is 0 Å². The van der Waals surface area contributed by atoms with E-state index in [1.54, 1.807) is 0 Å². The van der Waals surface area contributed by atoms with Gasteiger partial charge in [-0.15, -0.1) is 0 Å². The van der Waals surface area contributed by atoms with Gasteiger partial charge in [0.1, 0.15) is 29.9 Å². The van der Waals surface area contributed by atoms with E-state index in [0.717, 1.165) is 17.0 Å². The third kappa shape index (κ3) is 3.06. The molecule has 2 aromatic carbocycles. The minimum atomic E-state index is -2.15. The van der Waals surface area contributed by atoms with Crippen molar-refractivity contribution in [1.82, 2.24) is 19.7 Å². The van der Waals surface area contributed by atoms with Crippen molar-refractivity contribution in [2.75, 3.05) is 0 Å². The molecule has 0 fully saturated rings. The maximum absolute atomic E-state index is 14.7. The molecular formula is C20H15ClF2N4O3. The lowest BCUT2D eigenvalue weighted by molar-refractivity contribution is -0.0480. The lowest BCUT2D eigenvalue weighted by Crippen LogP contribution is -2.54. The summed E-state index contributed by atoms with van der Waals surface area (Å²) in [7, 11) is 0. The summed E-state index contributed by atoms with van der Waals surface area (Å²) in [6.45, 7) is 1.05. The molecule has 0 saturated carbocycles. The molecule has 154 valence electrons. The van der Waals surface area contributed by atoms with E-state index >= 15 is 0 Å². The lowest BCUT2D eigenvalue weighted by Gasteiger charge is -2.38. The number of fused-ring (bicyclic) bond motifs is 1. The first-order valence-corrected chi connectivity index (χ1v) is 9.28. The van der Waals surface area contributed by atoms with Gasteiger partial charge in [0.2, 0.25) is 0 Å². The van der Waals surface area contributed by atoms with Crippen LogP contribution in [0.25, 0.3) is 0 Å². The summed E-state index contributed by atoms with van der Waals surface area (Å²) in [5.41, 5.74) is -2.35. The van der Waals surface area contributed by atoms with Crippen LogP contribution in [0.1, 0.15) is 33.2 Å². The molecule has 0 radical (unpaired) electrons. The predicted molar refractivity (Wildman–Crippen MR) is 102 cm³/mol. The monoisotopic (exact) mass is 432 g/mol. The van der Waals surface area contributed by atoms with Gasteiger partial charge in [-0.1, -0.05) is 23.7 Å². The Hall–Kier alpha value is -3.17. The van der Waals surface area contributed by atoms with Gasteiger partial charge < -0.3 is 5.11 Å². The smallest absolute Gasteiger partial charge is 0.263 e. The minimum absolute atomic E-state index is 0.0127. The van der Waals surface area contributed by atoms with Gasteiger partial charge in [-0.3, -0.25) is 14.5 Å². The van der Waals surface area contributed by atoms with Gasteiger partial charge in [-0.25, -0.2) is 18.4 Å². The molecule has 0 bridgehead atoms. The van der Waals surface area contributed by atoms with Crippen molar-refractivity contribution in [3.63, 3.8) is 0 Å². The number of halogens is 3. The molecule has 0 aliphatic carbocycles. The van der Waals surface area contributed by atoms with Gasteiger partial charge in [-0.05, 0) is 25.1 Å². The number of imide groups is 1. The second kappa shape index (κ2) is 7.26. The topological polar surface area (TPSA) is 88.3 Å². The number of carbonyl (C=O) groups excluding carboxylic acids is 2. The van der Waals surface area contributed by atoms with E-state index in [0.29, 0.717) is 6.07 Å². The molecule has 2 amide bonds. The lowest BCUT2D eigenvalue weighted by atomic mass is 9.85. The highest BCUT2D eigenvalue weighted by Crippen LogP contribution is 2.38. The van der Waals surface area contributed by atoms with Crippen molar-refractivity contribution in [1.29, 1.82) is 0 Å². The largest absolute Gasteiger partial charge is 0.381 e. The minimum Gasteiger partial charge on any atom is -0.381 e. The van der Waals surface area contributed by atoms with Crippen molar-refractivity contribution in [2.45, 2.75) is 25.1 Å². The molecule has 1 aliphatic heterocycles. The number of hydrogen-bond acceptors (Lipinski definition) is 5. The van der Waals surface area contributed by atoms with Gasteiger partial charge in [0.15, 0.2) is 0 Å². The number of rotatable bonds is 5. The van der Waals surface area contributed by atoms with Crippen LogP contribution < -0.4 is 0 Å². The highest BCUT2D eigenvalue weighted by atomic mass is 35.5. The Morgan fingerprint density at radius 3 is 2.60 bits per heavy atom. The quantitative estimate of drug-likeness (QED) is 0.626. The summed E-state index contributed by atoms with van der Waals surface area (Å²) in [6.07, 6.45) is 2.51. The second-order valence-electron chi connectivity index (χ2n) is 6.96. The Morgan fingerprint density at radius 2 is 1.97 bits per heavy atom. The highest BCUT2D eigenvalue weighted by molar-refractivity contribution is 6.37. The Kier molecular flexibility index (Phi) is 4.87. The van der Waals surface area contributed by atoms with Crippen LogP contribution in [0.5, 0.6) is 0 Å². The van der Waals surface area contributed by atoms with Crippen LogP contribution in [0, 0.1) is 11.6 Å². The normalized spacial score (nSPS) is 16.5. The van der Waals surface area contributed by atoms with E-state index in [-0.39, 0.29) is 28.3 Å². The molecule has 4 rings (SSSR count). The summed E-state index contributed by atoms with van der Waals surface area (Å²) in [5.74, 6) is -3.25. The zero-order valence-electron chi connectivity index (χ0n) is 15.6. The van der Waals surface area contributed by atoms with Crippen LogP contribution in [0.3, 0.4) is 0 Å². The van der Waals surface area contributed by atoms with Gasteiger partial charge >= 0.3 is 0 Å². The van der Waals surface area contributed by atoms with Crippen molar-refractivity contribution in [3.05, 3.63) is 82.4 Å². The van der Waals surface area contributed by atoms with E-state index in [9.17, 15) is 23.5 Å². The Bertz CT molecular complexity index is 1150. The van der Waals surface area contributed by atoms with Gasteiger partial charge in [-0.2, -0.15) is 5.10 Å². The molecule has 7 nitrogen and oxygen atoms in total. The Morgan fingerprint density at radius 1 is 1.20 bits per heavy atom. The summed E-state index contributed by atoms with van der Waals surface area (Å²) in [6, 6.07) is 5.87. The first kappa shape index (κ1) is 20.1. The fourth-order valence-electron chi connectivity index (χ4n) is 3.67. The van der Waals surface area contributed by atoms with Gasteiger partial charge in [0.05, 0.1) is 28.7 Å². The summed E-state index contributed by atoms with van der Waals surface area (Å²) in [5, 5.41) is 15.6. The SMILES string of the molecule is C[C@@H](N1C(=O)c2cccc(Cl)c2C1=O)[C@](O)(Cn1cncn1)c1ccc(F)cc1F. The molecular weight excluding hydrogens is 418 g/mol. The third-order valence-corrected chi connectivity index (χ3v) is 5.56. The van der Waals surface area contributed by atoms with Crippen molar-refractivity contribution >= 4 is 23.4 Å². The average Bonchev–Trinajstić information content (AvgIpc) is 3.28. The summed E-state index contributed by atoms with van der Waals surface area (Å²) >= 11 is 6.10. The molecule has 0 unspecified atom stereocenters. The van der Waals surface area contributed by atoms with E-state index in [2.05, 4.69) is 10.1 Å². The van der Waals surface area contributed by atoms with Gasteiger partial charge in [0, 0.05) is 11.6 Å². The highest BCUT2D eigenvalue weighted by Gasteiger charge is 2.49. The molecule has 2 atom stereocenters. The Labute approximate surface area is 174 Å². The van der Waals surface area contributed by atoms with E-state index in [4.69, 9.17) is 11.6 Å². The number of amides is 2. The number of benzene rings is 2. The van der Waals surface area contributed by atoms with Crippen LogP contribution in [-0.2, 0) is 12.1 Å². The number of carbonyl (C=O) groups is 2. The molecule has 1 aromatic heterocycles. The maximum atomic E-state index is 14.7. The fraction of sp³-hybridized carbons (Fsp3) is 0.200. The molecule has 0 saturated heterocycles. The number of aromatic nitrogens is 3. The first-order valence-electron chi connectivity index (χ1n) is 8.90. The van der Waals surface area contributed by atoms with Crippen molar-refractivity contribution < 1.29 is 23.5 Å². The summed E-state index contributed by atoms with van der Waals surface area (Å²) in [4.78, 5) is 30.6. The summed E-state index contributed by atoms with van der Waals surface area (Å²) < 4.78 is 29.4. The molecule has 1 aliphatic rings. The number of hydrogen-bond donors (Lipinski definition) is 1. The Balaban J connectivity index is 1.83. The molecule has 2 heterocycles. The van der Waals surface area contributed by atoms with Crippen LogP contribution in [0.15, 0.2) is 49.1 Å². The van der Waals surface area contributed by atoms with Crippen LogP contribution in [-0.4, -0.2) is 42.6 Å². The second-order valence-corrected chi connectivity index (χ2v) is 7.37. The maximum Gasteiger partial charge on any atom is 0.263 e. The number of nitrogens with zero attached hydrogens (tertiary/aromatic N) is 4. The molecule has 0 spiro atoms. The van der Waals surface area contributed by atoms with Crippen LogP contribution in [0.4, 0.5) is 8.78 Å². The van der Waals surface area contributed by atoms with E-state index in [1.165, 1.54) is 42.5 Å². The standard InChI is InChI=1S/C20H15ClF2N4O3/c1-11(27-18(28)13-3-2-4-15(21)17(13)19(27)29)20(30,8-26-10-24-9-25-26)14-6-5-12(22)7-16(14)23/h2-7,9-11,30H,8H2,1H3/t11-,20-/m1/s1.